The van der Waals surface area contributed by atoms with E-state index < -0.39 is 0 Å². The number of likely N-dealkylation sites (tertiary alicyclic amines) is 1. The van der Waals surface area contributed by atoms with Gasteiger partial charge in [-0.15, -0.1) is 0 Å². The van der Waals surface area contributed by atoms with Gasteiger partial charge in [0.25, 0.3) is 0 Å². The van der Waals surface area contributed by atoms with Gasteiger partial charge < -0.3 is 9.80 Å². The number of pyridine rings is 1. The van der Waals surface area contributed by atoms with Crippen LogP contribution in [-0.4, -0.2) is 41.5 Å². The van der Waals surface area contributed by atoms with Crippen molar-refractivity contribution < 1.29 is 4.79 Å². The van der Waals surface area contributed by atoms with Crippen LogP contribution in [0, 0.1) is 0 Å². The third-order valence-electron chi connectivity index (χ3n) is 4.97. The zero-order valence-electron chi connectivity index (χ0n) is 15.0. The van der Waals surface area contributed by atoms with Gasteiger partial charge in [-0.3, -0.25) is 9.78 Å². The molecule has 1 aliphatic heterocycles. The molecule has 3 rings (SSSR count). The molecular formula is C21H27N3O. The van der Waals surface area contributed by atoms with Gasteiger partial charge in [0.15, 0.2) is 0 Å². The van der Waals surface area contributed by atoms with Gasteiger partial charge in [0, 0.05) is 50.2 Å². The number of amides is 1. The fourth-order valence-electron chi connectivity index (χ4n) is 3.55. The predicted molar refractivity (Wildman–Crippen MR) is 102 cm³/mol. The molecule has 25 heavy (non-hydrogen) atoms. The highest BCUT2D eigenvalue weighted by atomic mass is 16.2. The zero-order chi connectivity index (χ0) is 17.5. The van der Waals surface area contributed by atoms with Crippen molar-refractivity contribution in [1.82, 2.24) is 9.88 Å². The lowest BCUT2D eigenvalue weighted by Crippen LogP contribution is -2.47. The molecule has 0 aliphatic carbocycles. The molecule has 1 aromatic heterocycles. The topological polar surface area (TPSA) is 36.4 Å². The van der Waals surface area contributed by atoms with Crippen LogP contribution in [0.4, 0.5) is 5.69 Å². The Labute approximate surface area is 150 Å². The molecular weight excluding hydrogens is 310 g/mol. The van der Waals surface area contributed by atoms with E-state index in [1.54, 1.807) is 0 Å². The summed E-state index contributed by atoms with van der Waals surface area (Å²) in [6.45, 7) is 5.10. The Morgan fingerprint density at radius 1 is 1.16 bits per heavy atom. The normalized spacial score (nSPS) is 15.9. The van der Waals surface area contributed by atoms with Crippen molar-refractivity contribution in [2.45, 2.75) is 38.6 Å². The van der Waals surface area contributed by atoms with Crippen LogP contribution < -0.4 is 4.90 Å². The van der Waals surface area contributed by atoms with Crippen LogP contribution in [0.15, 0.2) is 54.9 Å². The largest absolute Gasteiger partial charge is 0.309 e. The van der Waals surface area contributed by atoms with Crippen molar-refractivity contribution >= 4 is 11.6 Å². The van der Waals surface area contributed by atoms with E-state index in [2.05, 4.69) is 16.0 Å². The molecule has 2 heterocycles. The Morgan fingerprint density at radius 2 is 1.92 bits per heavy atom. The second-order valence-corrected chi connectivity index (χ2v) is 6.64. The van der Waals surface area contributed by atoms with E-state index in [1.165, 1.54) is 5.56 Å². The molecule has 0 radical (unpaired) electrons. The molecule has 4 nitrogen and oxygen atoms in total. The highest BCUT2D eigenvalue weighted by Crippen LogP contribution is 2.24. The van der Waals surface area contributed by atoms with Gasteiger partial charge in [-0.25, -0.2) is 0 Å². The van der Waals surface area contributed by atoms with E-state index in [4.69, 9.17) is 0 Å². The summed E-state index contributed by atoms with van der Waals surface area (Å²) < 4.78 is 0. The molecule has 4 heteroatoms. The van der Waals surface area contributed by atoms with E-state index in [-0.39, 0.29) is 5.91 Å². The van der Waals surface area contributed by atoms with Crippen LogP contribution in [0.3, 0.4) is 0 Å². The van der Waals surface area contributed by atoms with Crippen molar-refractivity contribution in [1.29, 1.82) is 0 Å². The Bertz CT molecular complexity index is 651. The summed E-state index contributed by atoms with van der Waals surface area (Å²) in [6.07, 6.45) is 7.42. The standard InChI is InChI=1S/C21H27N3O/c1-2-21(25)24(19-8-4-3-5-9-19)20-11-15-23(16-12-20)14-10-18-7-6-13-22-17-18/h3-9,13,17,20H,2,10-12,14-16H2,1H3. The molecule has 0 saturated carbocycles. The Morgan fingerprint density at radius 3 is 2.56 bits per heavy atom. The van der Waals surface area contributed by atoms with E-state index in [0.29, 0.717) is 12.5 Å². The minimum absolute atomic E-state index is 0.222. The number of benzene rings is 1. The molecule has 0 N–H and O–H groups in total. The van der Waals surface area contributed by atoms with Crippen molar-refractivity contribution in [2.24, 2.45) is 0 Å². The molecule has 0 spiro atoms. The van der Waals surface area contributed by atoms with Crippen LogP contribution in [0.25, 0.3) is 0 Å². The number of aromatic nitrogens is 1. The van der Waals surface area contributed by atoms with Crippen molar-refractivity contribution in [3.63, 3.8) is 0 Å². The van der Waals surface area contributed by atoms with Gasteiger partial charge in [0.1, 0.15) is 0 Å². The fourth-order valence-corrected chi connectivity index (χ4v) is 3.55. The molecule has 1 amide bonds. The van der Waals surface area contributed by atoms with E-state index >= 15 is 0 Å². The summed E-state index contributed by atoms with van der Waals surface area (Å²) in [5, 5.41) is 0. The number of nitrogens with zero attached hydrogens (tertiary/aromatic N) is 3. The molecule has 1 aliphatic rings. The van der Waals surface area contributed by atoms with Gasteiger partial charge in [-0.1, -0.05) is 31.2 Å². The third kappa shape index (κ3) is 4.67. The molecule has 2 aromatic rings. The molecule has 1 fully saturated rings. The van der Waals surface area contributed by atoms with Gasteiger partial charge in [0.2, 0.25) is 5.91 Å². The number of hydrogen-bond donors (Lipinski definition) is 0. The first kappa shape index (κ1) is 17.6. The average Bonchev–Trinajstić information content (AvgIpc) is 2.69. The molecule has 0 atom stereocenters. The van der Waals surface area contributed by atoms with E-state index in [1.807, 2.05) is 60.6 Å². The van der Waals surface area contributed by atoms with Crippen LogP contribution >= 0.6 is 0 Å². The lowest BCUT2D eigenvalue weighted by molar-refractivity contribution is -0.119. The first-order valence-electron chi connectivity index (χ1n) is 9.26. The zero-order valence-corrected chi connectivity index (χ0v) is 15.0. The second kappa shape index (κ2) is 8.77. The Hall–Kier alpha value is -2.20. The molecule has 0 bridgehead atoms. The molecule has 0 unspecified atom stereocenters. The Balaban J connectivity index is 1.57. The average molecular weight is 337 g/mol. The quantitative estimate of drug-likeness (QED) is 0.809. The maximum Gasteiger partial charge on any atom is 0.226 e. The monoisotopic (exact) mass is 337 g/mol. The fraction of sp³-hybridized carbons (Fsp3) is 0.429. The molecule has 1 saturated heterocycles. The maximum atomic E-state index is 12.5. The lowest BCUT2D eigenvalue weighted by atomic mass is 10.0. The van der Waals surface area contributed by atoms with E-state index in [9.17, 15) is 4.79 Å². The number of piperidine rings is 1. The molecule has 1 aromatic carbocycles. The number of anilines is 1. The van der Waals surface area contributed by atoms with Crippen molar-refractivity contribution in [3.05, 3.63) is 60.4 Å². The first-order valence-corrected chi connectivity index (χ1v) is 9.26. The summed E-state index contributed by atoms with van der Waals surface area (Å²) in [5.74, 6) is 0.222. The molecule has 132 valence electrons. The van der Waals surface area contributed by atoms with Crippen molar-refractivity contribution in [2.75, 3.05) is 24.5 Å². The minimum Gasteiger partial charge on any atom is -0.309 e. The summed E-state index contributed by atoms with van der Waals surface area (Å²) in [5.41, 5.74) is 2.32. The summed E-state index contributed by atoms with van der Waals surface area (Å²) in [4.78, 5) is 21.2. The first-order chi connectivity index (χ1) is 12.3. The Kier molecular flexibility index (Phi) is 6.18. The highest BCUT2D eigenvalue weighted by molar-refractivity contribution is 5.93. The van der Waals surface area contributed by atoms with Gasteiger partial charge in [0.05, 0.1) is 0 Å². The van der Waals surface area contributed by atoms with Crippen LogP contribution in [0.2, 0.25) is 0 Å². The van der Waals surface area contributed by atoms with E-state index in [0.717, 1.165) is 44.6 Å². The third-order valence-corrected chi connectivity index (χ3v) is 4.97. The SMILES string of the molecule is CCC(=O)N(c1ccccc1)C1CCN(CCc2cccnc2)CC1. The minimum atomic E-state index is 0.222. The van der Waals surface area contributed by atoms with Crippen LogP contribution in [-0.2, 0) is 11.2 Å². The number of carbonyl (C=O) groups is 1. The summed E-state index contributed by atoms with van der Waals surface area (Å²) >= 11 is 0. The highest BCUT2D eigenvalue weighted by Gasteiger charge is 2.28. The van der Waals surface area contributed by atoms with Crippen LogP contribution in [0.5, 0.6) is 0 Å². The van der Waals surface area contributed by atoms with Crippen molar-refractivity contribution in [3.8, 4) is 0 Å². The second-order valence-electron chi connectivity index (χ2n) is 6.64. The summed E-state index contributed by atoms with van der Waals surface area (Å²) in [6, 6.07) is 14.5. The van der Waals surface area contributed by atoms with Gasteiger partial charge in [-0.2, -0.15) is 0 Å². The number of carbonyl (C=O) groups excluding carboxylic acids is 1. The number of para-hydroxylation sites is 1. The smallest absolute Gasteiger partial charge is 0.226 e. The number of hydrogen-bond acceptors (Lipinski definition) is 3. The van der Waals surface area contributed by atoms with Gasteiger partial charge in [-0.05, 0) is 43.0 Å². The lowest BCUT2D eigenvalue weighted by Gasteiger charge is -2.38. The number of rotatable bonds is 6. The maximum absolute atomic E-state index is 12.5. The predicted octanol–water partition coefficient (Wildman–Crippen LogP) is 3.53. The summed E-state index contributed by atoms with van der Waals surface area (Å²) in [7, 11) is 0. The van der Waals surface area contributed by atoms with Crippen LogP contribution in [0.1, 0.15) is 31.7 Å². The van der Waals surface area contributed by atoms with Gasteiger partial charge >= 0.3 is 0 Å².